The number of thiophene rings is 1. The largest absolute Gasteiger partial charge is 0.310 e. The number of anilines is 3. The third-order valence-corrected chi connectivity index (χ3v) is 10.2. The molecule has 1 heterocycles. The van der Waals surface area contributed by atoms with E-state index in [9.17, 15) is 0 Å². The van der Waals surface area contributed by atoms with Gasteiger partial charge in [0.25, 0.3) is 0 Å². The van der Waals surface area contributed by atoms with Crippen LogP contribution in [0.4, 0.5) is 17.1 Å². The highest BCUT2D eigenvalue weighted by atomic mass is 32.1. The van der Waals surface area contributed by atoms with Crippen molar-refractivity contribution in [3.8, 4) is 22.3 Å². The number of para-hydroxylation sites is 1. The first-order chi connectivity index (χ1) is 22.8. The Balaban J connectivity index is 1.41. The summed E-state index contributed by atoms with van der Waals surface area (Å²) in [4.78, 5) is 2.44. The molecule has 9 rings (SSSR count). The molecule has 8 aromatic carbocycles. The summed E-state index contributed by atoms with van der Waals surface area (Å²) in [5.41, 5.74) is 8.42. The smallest absolute Gasteiger partial charge is 0.0554 e. The predicted octanol–water partition coefficient (Wildman–Crippen LogP) is 13.2. The Morgan fingerprint density at radius 3 is 1.61 bits per heavy atom. The zero-order chi connectivity index (χ0) is 30.5. The highest BCUT2D eigenvalue weighted by Gasteiger charge is 2.22. The van der Waals surface area contributed by atoms with Crippen LogP contribution in [0, 0.1) is 0 Å². The van der Waals surface area contributed by atoms with E-state index >= 15 is 0 Å². The van der Waals surface area contributed by atoms with Gasteiger partial charge in [-0.05, 0) is 86.3 Å². The lowest BCUT2D eigenvalue weighted by molar-refractivity contribution is 1.31. The van der Waals surface area contributed by atoms with Crippen LogP contribution in [0.3, 0.4) is 0 Å². The lowest BCUT2D eigenvalue weighted by atomic mass is 9.85. The van der Waals surface area contributed by atoms with Gasteiger partial charge >= 0.3 is 0 Å². The van der Waals surface area contributed by atoms with E-state index < -0.39 is 0 Å². The van der Waals surface area contributed by atoms with E-state index in [-0.39, 0.29) is 0 Å². The van der Waals surface area contributed by atoms with Crippen LogP contribution in [0.5, 0.6) is 0 Å². The molecule has 216 valence electrons. The fourth-order valence-electron chi connectivity index (χ4n) is 7.07. The van der Waals surface area contributed by atoms with Gasteiger partial charge in [0, 0.05) is 31.5 Å². The molecule has 0 amide bonds. The molecule has 0 aliphatic carbocycles. The van der Waals surface area contributed by atoms with E-state index in [0.717, 1.165) is 11.4 Å². The third-order valence-electron chi connectivity index (χ3n) is 9.03. The van der Waals surface area contributed by atoms with Crippen LogP contribution >= 0.6 is 11.3 Å². The highest BCUT2D eigenvalue weighted by Crippen LogP contribution is 2.48. The van der Waals surface area contributed by atoms with Crippen molar-refractivity contribution in [3.63, 3.8) is 0 Å². The van der Waals surface area contributed by atoms with Gasteiger partial charge in [0.05, 0.1) is 5.69 Å². The summed E-state index contributed by atoms with van der Waals surface area (Å²) in [6.07, 6.45) is 0. The van der Waals surface area contributed by atoms with Gasteiger partial charge < -0.3 is 4.90 Å². The van der Waals surface area contributed by atoms with Crippen molar-refractivity contribution < 1.29 is 0 Å². The maximum Gasteiger partial charge on any atom is 0.0554 e. The third kappa shape index (κ3) is 4.30. The molecule has 0 unspecified atom stereocenters. The minimum atomic E-state index is 1.13. The number of hydrogen-bond donors (Lipinski definition) is 0. The molecule has 0 N–H and O–H groups in total. The van der Waals surface area contributed by atoms with Crippen LogP contribution in [0.25, 0.3) is 64.0 Å². The molecule has 9 aromatic rings. The molecule has 0 bridgehead atoms. The summed E-state index contributed by atoms with van der Waals surface area (Å²) < 4.78 is 2.60. The van der Waals surface area contributed by atoms with Crippen LogP contribution < -0.4 is 4.90 Å². The molecule has 0 aliphatic heterocycles. The number of benzene rings is 8. The molecule has 2 heteroatoms. The summed E-state index contributed by atoms with van der Waals surface area (Å²) in [7, 11) is 0. The minimum Gasteiger partial charge on any atom is -0.310 e. The SMILES string of the molecule is c1ccc(-c2c(-c3ccccc3)c3cc(N(c4ccccc4)c4cccc5sc6ccccc6c45)ccc3c3ccccc23)cc1. The van der Waals surface area contributed by atoms with E-state index in [1.807, 2.05) is 11.3 Å². The molecule has 0 radical (unpaired) electrons. The molecule has 0 atom stereocenters. The van der Waals surface area contributed by atoms with Gasteiger partial charge in [0.1, 0.15) is 0 Å². The first-order valence-electron chi connectivity index (χ1n) is 15.7. The van der Waals surface area contributed by atoms with Gasteiger partial charge in [-0.1, -0.05) is 133 Å². The highest BCUT2D eigenvalue weighted by molar-refractivity contribution is 7.26. The molecular formula is C44H29NS. The van der Waals surface area contributed by atoms with Crippen LogP contribution in [-0.4, -0.2) is 0 Å². The van der Waals surface area contributed by atoms with Gasteiger partial charge in [-0.2, -0.15) is 0 Å². The Hall–Kier alpha value is -5.70. The molecule has 1 nitrogen and oxygen atoms in total. The van der Waals surface area contributed by atoms with Gasteiger partial charge in [-0.25, -0.2) is 0 Å². The fourth-order valence-corrected chi connectivity index (χ4v) is 8.20. The van der Waals surface area contributed by atoms with Crippen molar-refractivity contribution in [2.45, 2.75) is 0 Å². The Morgan fingerprint density at radius 1 is 0.348 bits per heavy atom. The fraction of sp³-hybridized carbons (Fsp3) is 0. The lowest BCUT2D eigenvalue weighted by Crippen LogP contribution is -2.10. The van der Waals surface area contributed by atoms with Crippen molar-refractivity contribution in [1.82, 2.24) is 0 Å². The standard InChI is InChI=1S/C44H29NS/c1-4-15-30(16-5-1)42-36-22-11-10-21-34(36)35-28-27-33(29-38(35)43(42)31-17-6-2-7-18-31)45(32-19-8-3-9-20-32)39-24-14-26-41-44(39)37-23-12-13-25-40(37)46-41/h1-29H. The number of hydrogen-bond acceptors (Lipinski definition) is 2. The summed E-state index contributed by atoms with van der Waals surface area (Å²) in [5, 5.41) is 7.61. The quantitative estimate of drug-likeness (QED) is 0.177. The Kier molecular flexibility index (Phi) is 6.40. The van der Waals surface area contributed by atoms with Gasteiger partial charge in [-0.3, -0.25) is 0 Å². The predicted molar refractivity (Wildman–Crippen MR) is 200 cm³/mol. The second-order valence-electron chi connectivity index (χ2n) is 11.7. The number of fused-ring (bicyclic) bond motifs is 6. The average molecular weight is 604 g/mol. The van der Waals surface area contributed by atoms with E-state index in [2.05, 4.69) is 181 Å². The van der Waals surface area contributed by atoms with E-state index in [4.69, 9.17) is 0 Å². The Bertz CT molecular complexity index is 2510. The monoisotopic (exact) mass is 603 g/mol. The summed E-state index contributed by atoms with van der Waals surface area (Å²) >= 11 is 1.86. The zero-order valence-corrected chi connectivity index (χ0v) is 25.9. The molecule has 0 saturated carbocycles. The number of nitrogens with zero attached hydrogens (tertiary/aromatic N) is 1. The van der Waals surface area contributed by atoms with Crippen molar-refractivity contribution in [1.29, 1.82) is 0 Å². The Labute approximate surface area is 272 Å². The van der Waals surface area contributed by atoms with Gasteiger partial charge in [0.2, 0.25) is 0 Å². The summed E-state index contributed by atoms with van der Waals surface area (Å²) in [5.74, 6) is 0. The second kappa shape index (κ2) is 11.0. The topological polar surface area (TPSA) is 3.24 Å². The van der Waals surface area contributed by atoms with Crippen molar-refractivity contribution in [2.75, 3.05) is 4.90 Å². The molecule has 1 aromatic heterocycles. The average Bonchev–Trinajstić information content (AvgIpc) is 3.52. The van der Waals surface area contributed by atoms with E-state index in [0.29, 0.717) is 0 Å². The first-order valence-corrected chi connectivity index (χ1v) is 16.5. The van der Waals surface area contributed by atoms with Crippen molar-refractivity contribution in [2.24, 2.45) is 0 Å². The first kappa shape index (κ1) is 26.7. The summed E-state index contributed by atoms with van der Waals surface area (Å²) in [6.45, 7) is 0. The Morgan fingerprint density at radius 2 is 0.891 bits per heavy atom. The maximum atomic E-state index is 2.44. The lowest BCUT2D eigenvalue weighted by Gasteiger charge is -2.27. The van der Waals surface area contributed by atoms with Gasteiger partial charge in [-0.15, -0.1) is 11.3 Å². The van der Waals surface area contributed by atoms with E-state index in [1.165, 1.54) is 69.7 Å². The molecule has 0 fully saturated rings. The number of rotatable bonds is 5. The van der Waals surface area contributed by atoms with Gasteiger partial charge in [0.15, 0.2) is 0 Å². The molecular weight excluding hydrogens is 575 g/mol. The van der Waals surface area contributed by atoms with Crippen LogP contribution in [0.1, 0.15) is 0 Å². The second-order valence-corrected chi connectivity index (χ2v) is 12.8. The van der Waals surface area contributed by atoms with Crippen molar-refractivity contribution in [3.05, 3.63) is 176 Å². The normalized spacial score (nSPS) is 11.5. The maximum absolute atomic E-state index is 2.44. The van der Waals surface area contributed by atoms with E-state index in [1.54, 1.807) is 0 Å². The molecule has 46 heavy (non-hydrogen) atoms. The van der Waals surface area contributed by atoms with Crippen LogP contribution in [-0.2, 0) is 0 Å². The van der Waals surface area contributed by atoms with Crippen LogP contribution in [0.2, 0.25) is 0 Å². The minimum absolute atomic E-state index is 1.13. The molecule has 0 saturated heterocycles. The molecule has 0 spiro atoms. The van der Waals surface area contributed by atoms with Crippen LogP contribution in [0.15, 0.2) is 176 Å². The van der Waals surface area contributed by atoms with Crippen molar-refractivity contribution >= 4 is 70.1 Å². The summed E-state index contributed by atoms with van der Waals surface area (Å²) in [6, 6.07) is 63.9. The molecule has 0 aliphatic rings. The zero-order valence-electron chi connectivity index (χ0n) is 25.1.